The molecule has 1 rings (SSSR count). The summed E-state index contributed by atoms with van der Waals surface area (Å²) < 4.78 is 29.8. The summed E-state index contributed by atoms with van der Waals surface area (Å²) in [6, 6.07) is 5.50. The molecule has 1 unspecified atom stereocenters. The number of methoxy groups -OCH3 is 1. The molecule has 0 radical (unpaired) electrons. The summed E-state index contributed by atoms with van der Waals surface area (Å²) in [7, 11) is -2.09. The van der Waals surface area contributed by atoms with Crippen molar-refractivity contribution in [1.29, 1.82) is 0 Å². The molecule has 0 aliphatic heterocycles. The first kappa shape index (κ1) is 15.3. The molecule has 7 heteroatoms. The smallest absolute Gasteiger partial charge is 0.241 e. The zero-order valence-corrected chi connectivity index (χ0v) is 12.0. The number of nitrogens with two attached hydrogens (primary N) is 1. The molecule has 1 aromatic carbocycles. The molecule has 2 N–H and O–H groups in total. The molecule has 6 nitrogen and oxygen atoms in total. The lowest BCUT2D eigenvalue weighted by Crippen LogP contribution is -2.47. The molecule has 0 aliphatic carbocycles. The summed E-state index contributed by atoms with van der Waals surface area (Å²) in [5.74, 6) is -0.0759. The Labute approximate surface area is 113 Å². The summed E-state index contributed by atoms with van der Waals surface area (Å²) in [5.41, 5.74) is 5.65. The zero-order chi connectivity index (χ0) is 14.6. The van der Waals surface area contributed by atoms with E-state index in [2.05, 4.69) is 0 Å². The Morgan fingerprint density at radius 3 is 2.21 bits per heavy atom. The average molecular weight is 286 g/mol. The van der Waals surface area contributed by atoms with E-state index < -0.39 is 22.0 Å². The first-order valence-electron chi connectivity index (χ1n) is 5.74. The summed E-state index contributed by atoms with van der Waals surface area (Å²) in [6.45, 7) is 1.71. The van der Waals surface area contributed by atoms with Crippen molar-refractivity contribution in [3.8, 4) is 5.75 Å². The van der Waals surface area contributed by atoms with Gasteiger partial charge in [-0.3, -0.25) is 9.10 Å². The fraction of sp³-hybridized carbons (Fsp3) is 0.417. The SMILES string of the molecule is CCC(C(N)=O)N(c1ccc(OC)cc1)S(C)(=O)=O. The number of rotatable bonds is 6. The van der Waals surface area contributed by atoms with E-state index in [0.29, 0.717) is 17.9 Å². The van der Waals surface area contributed by atoms with Gasteiger partial charge in [0.25, 0.3) is 0 Å². The highest BCUT2D eigenvalue weighted by Crippen LogP contribution is 2.24. The quantitative estimate of drug-likeness (QED) is 0.834. The van der Waals surface area contributed by atoms with Gasteiger partial charge in [0.2, 0.25) is 15.9 Å². The van der Waals surface area contributed by atoms with E-state index in [0.717, 1.165) is 10.6 Å². The second kappa shape index (κ2) is 5.92. The van der Waals surface area contributed by atoms with Crippen LogP contribution in [0, 0.1) is 0 Å². The van der Waals surface area contributed by atoms with Crippen molar-refractivity contribution < 1.29 is 17.9 Å². The van der Waals surface area contributed by atoms with E-state index in [1.165, 1.54) is 7.11 Å². The third-order valence-corrected chi connectivity index (χ3v) is 3.86. The number of benzene rings is 1. The Balaban J connectivity index is 3.27. The van der Waals surface area contributed by atoms with Crippen molar-refractivity contribution in [3.05, 3.63) is 24.3 Å². The lowest BCUT2D eigenvalue weighted by molar-refractivity contribution is -0.119. The van der Waals surface area contributed by atoms with Gasteiger partial charge in [-0.25, -0.2) is 8.42 Å². The van der Waals surface area contributed by atoms with Gasteiger partial charge >= 0.3 is 0 Å². The second-order valence-electron chi connectivity index (χ2n) is 4.08. The van der Waals surface area contributed by atoms with Crippen LogP contribution < -0.4 is 14.8 Å². The predicted octanol–water partition coefficient (Wildman–Crippen LogP) is 0.725. The van der Waals surface area contributed by atoms with Crippen LogP contribution in [0.2, 0.25) is 0 Å². The number of carbonyl (C=O) groups excluding carboxylic acids is 1. The number of carbonyl (C=O) groups is 1. The highest BCUT2D eigenvalue weighted by molar-refractivity contribution is 7.92. The Morgan fingerprint density at radius 1 is 1.37 bits per heavy atom. The molecular formula is C12H18N2O4S. The van der Waals surface area contributed by atoms with Crippen molar-refractivity contribution >= 4 is 21.6 Å². The highest BCUT2D eigenvalue weighted by Gasteiger charge is 2.29. The lowest BCUT2D eigenvalue weighted by Gasteiger charge is -2.28. The van der Waals surface area contributed by atoms with Crippen LogP contribution in [0.1, 0.15) is 13.3 Å². The van der Waals surface area contributed by atoms with Gasteiger partial charge in [0.1, 0.15) is 11.8 Å². The molecule has 0 bridgehead atoms. The Morgan fingerprint density at radius 2 is 1.89 bits per heavy atom. The van der Waals surface area contributed by atoms with Crippen LogP contribution in [-0.4, -0.2) is 33.7 Å². The highest BCUT2D eigenvalue weighted by atomic mass is 32.2. The number of ether oxygens (including phenoxy) is 1. The second-order valence-corrected chi connectivity index (χ2v) is 5.94. The molecule has 0 saturated heterocycles. The first-order valence-corrected chi connectivity index (χ1v) is 7.58. The molecule has 0 spiro atoms. The normalized spacial score (nSPS) is 12.8. The Hall–Kier alpha value is -1.76. The van der Waals surface area contributed by atoms with Gasteiger partial charge in [0, 0.05) is 0 Å². The van der Waals surface area contributed by atoms with Crippen LogP contribution >= 0.6 is 0 Å². The Bertz CT molecular complexity index is 539. The molecule has 1 amide bonds. The maximum atomic E-state index is 11.9. The van der Waals surface area contributed by atoms with Crippen molar-refractivity contribution in [2.24, 2.45) is 5.73 Å². The lowest BCUT2D eigenvalue weighted by atomic mass is 10.2. The van der Waals surface area contributed by atoms with Gasteiger partial charge in [0.05, 0.1) is 19.1 Å². The van der Waals surface area contributed by atoms with Crippen LogP contribution in [0.4, 0.5) is 5.69 Å². The van der Waals surface area contributed by atoms with E-state index in [9.17, 15) is 13.2 Å². The number of nitrogens with zero attached hydrogens (tertiary/aromatic N) is 1. The minimum atomic E-state index is -3.60. The van der Waals surface area contributed by atoms with Crippen LogP contribution in [0.5, 0.6) is 5.75 Å². The molecule has 0 fully saturated rings. The number of anilines is 1. The van der Waals surface area contributed by atoms with Crippen molar-refractivity contribution in [1.82, 2.24) is 0 Å². The van der Waals surface area contributed by atoms with Gasteiger partial charge in [-0.05, 0) is 30.7 Å². The fourth-order valence-electron chi connectivity index (χ4n) is 1.81. The maximum absolute atomic E-state index is 11.9. The van der Waals surface area contributed by atoms with E-state index in [1.54, 1.807) is 31.2 Å². The summed E-state index contributed by atoms with van der Waals surface area (Å²) in [5, 5.41) is 0. The van der Waals surface area contributed by atoms with Gasteiger partial charge in [-0.1, -0.05) is 6.92 Å². The fourth-order valence-corrected chi connectivity index (χ4v) is 3.03. The molecule has 0 aromatic heterocycles. The molecular weight excluding hydrogens is 268 g/mol. The van der Waals surface area contributed by atoms with Crippen molar-refractivity contribution in [2.75, 3.05) is 17.7 Å². The number of hydrogen-bond donors (Lipinski definition) is 1. The molecule has 1 atom stereocenters. The monoisotopic (exact) mass is 286 g/mol. The molecule has 0 aliphatic rings. The van der Waals surface area contributed by atoms with Crippen LogP contribution in [0.25, 0.3) is 0 Å². The topological polar surface area (TPSA) is 89.7 Å². The summed E-state index contributed by atoms with van der Waals surface area (Å²) in [4.78, 5) is 11.4. The van der Waals surface area contributed by atoms with Crippen LogP contribution in [0.3, 0.4) is 0 Å². The molecule has 19 heavy (non-hydrogen) atoms. The van der Waals surface area contributed by atoms with Crippen molar-refractivity contribution in [2.45, 2.75) is 19.4 Å². The van der Waals surface area contributed by atoms with E-state index in [4.69, 9.17) is 10.5 Å². The van der Waals surface area contributed by atoms with Gasteiger partial charge in [0.15, 0.2) is 0 Å². The van der Waals surface area contributed by atoms with E-state index >= 15 is 0 Å². The first-order chi connectivity index (χ1) is 8.81. The minimum Gasteiger partial charge on any atom is -0.497 e. The van der Waals surface area contributed by atoms with Crippen molar-refractivity contribution in [3.63, 3.8) is 0 Å². The average Bonchev–Trinajstić information content (AvgIpc) is 2.34. The van der Waals surface area contributed by atoms with Crippen LogP contribution in [0.15, 0.2) is 24.3 Å². The summed E-state index contributed by atoms with van der Waals surface area (Å²) in [6.07, 6.45) is 1.34. The third kappa shape index (κ3) is 3.60. The van der Waals surface area contributed by atoms with E-state index in [-0.39, 0.29) is 0 Å². The van der Waals surface area contributed by atoms with E-state index in [1.807, 2.05) is 0 Å². The van der Waals surface area contributed by atoms with Gasteiger partial charge in [-0.2, -0.15) is 0 Å². The third-order valence-electron chi connectivity index (χ3n) is 2.68. The van der Waals surface area contributed by atoms with Gasteiger partial charge in [-0.15, -0.1) is 0 Å². The Kier molecular flexibility index (Phi) is 4.77. The van der Waals surface area contributed by atoms with Crippen LogP contribution in [-0.2, 0) is 14.8 Å². The molecule has 1 aromatic rings. The van der Waals surface area contributed by atoms with Gasteiger partial charge < -0.3 is 10.5 Å². The predicted molar refractivity (Wildman–Crippen MR) is 73.6 cm³/mol. The minimum absolute atomic E-state index is 0.300. The largest absolute Gasteiger partial charge is 0.497 e. The molecule has 0 saturated carbocycles. The summed E-state index contributed by atoms with van der Waals surface area (Å²) >= 11 is 0. The number of sulfonamides is 1. The number of hydrogen-bond acceptors (Lipinski definition) is 4. The number of primary amides is 1. The molecule has 106 valence electrons. The zero-order valence-electron chi connectivity index (χ0n) is 11.2. The molecule has 0 heterocycles. The standard InChI is InChI=1S/C12H18N2O4S/c1-4-11(12(13)15)14(19(3,16)17)9-5-7-10(18-2)8-6-9/h5-8,11H,4H2,1-3H3,(H2,13,15). The number of amides is 1. The maximum Gasteiger partial charge on any atom is 0.241 e.